The molecule has 0 aromatic heterocycles. The number of methoxy groups -OCH3 is 1. The Labute approximate surface area is 123 Å². The molecule has 0 aliphatic heterocycles. The molecule has 0 spiro atoms. The van der Waals surface area contributed by atoms with Gasteiger partial charge in [-0.25, -0.2) is 9.18 Å². The minimum Gasteiger partial charge on any atom is -0.465 e. The molecule has 0 unspecified atom stereocenters. The molecule has 4 heteroatoms. The van der Waals surface area contributed by atoms with Gasteiger partial charge in [0.2, 0.25) is 0 Å². The molecule has 0 saturated carbocycles. The van der Waals surface area contributed by atoms with Crippen LogP contribution in [0.5, 0.6) is 0 Å². The lowest BCUT2D eigenvalue weighted by molar-refractivity contribution is 0.0595. The Hall–Kier alpha value is -2.36. The second-order valence-corrected chi connectivity index (χ2v) is 4.96. The van der Waals surface area contributed by atoms with E-state index in [1.807, 2.05) is 6.07 Å². The number of aryl methyl sites for hydroxylation is 2. The van der Waals surface area contributed by atoms with E-state index in [9.17, 15) is 9.18 Å². The summed E-state index contributed by atoms with van der Waals surface area (Å²) in [6.45, 7) is 4.73. The van der Waals surface area contributed by atoms with Gasteiger partial charge in [0, 0.05) is 12.2 Å². The van der Waals surface area contributed by atoms with Crippen molar-refractivity contribution < 1.29 is 13.9 Å². The largest absolute Gasteiger partial charge is 0.465 e. The first-order valence-corrected chi connectivity index (χ1v) is 6.69. The van der Waals surface area contributed by atoms with Crippen molar-refractivity contribution >= 4 is 11.7 Å². The predicted octanol–water partition coefficient (Wildman–Crippen LogP) is 3.84. The van der Waals surface area contributed by atoms with E-state index in [1.165, 1.54) is 30.4 Å². The zero-order valence-electron chi connectivity index (χ0n) is 12.4. The molecule has 21 heavy (non-hydrogen) atoms. The SMILES string of the molecule is COC(=O)c1cc(NCc2ccc(C)c(C)c2)ccc1F. The Balaban J connectivity index is 2.13. The molecule has 0 fully saturated rings. The standard InChI is InChI=1S/C17H18FNO2/c1-11-4-5-13(8-12(11)2)10-19-14-6-7-16(18)15(9-14)17(20)21-3/h4-9,19H,10H2,1-3H3. The van der Waals surface area contributed by atoms with Crippen molar-refractivity contribution in [2.24, 2.45) is 0 Å². The van der Waals surface area contributed by atoms with E-state index in [0.29, 0.717) is 12.2 Å². The van der Waals surface area contributed by atoms with E-state index in [-0.39, 0.29) is 5.56 Å². The highest BCUT2D eigenvalue weighted by Gasteiger charge is 2.12. The Kier molecular flexibility index (Phi) is 4.58. The van der Waals surface area contributed by atoms with Crippen LogP contribution in [0.1, 0.15) is 27.0 Å². The number of halogens is 1. The molecule has 0 bridgehead atoms. The quantitative estimate of drug-likeness (QED) is 0.868. The lowest BCUT2D eigenvalue weighted by Gasteiger charge is -2.10. The number of ether oxygens (including phenoxy) is 1. The fourth-order valence-corrected chi connectivity index (χ4v) is 2.02. The molecule has 0 radical (unpaired) electrons. The van der Waals surface area contributed by atoms with Gasteiger partial charge in [0.15, 0.2) is 0 Å². The summed E-state index contributed by atoms with van der Waals surface area (Å²) in [5.74, 6) is -1.26. The molecule has 0 saturated heterocycles. The van der Waals surface area contributed by atoms with Crippen molar-refractivity contribution in [3.05, 3.63) is 64.5 Å². The Morgan fingerprint density at radius 3 is 2.57 bits per heavy atom. The molecule has 0 atom stereocenters. The van der Waals surface area contributed by atoms with Crippen LogP contribution in [0, 0.1) is 19.7 Å². The summed E-state index contributed by atoms with van der Waals surface area (Å²) in [6, 6.07) is 10.5. The van der Waals surface area contributed by atoms with Gasteiger partial charge in [-0.15, -0.1) is 0 Å². The van der Waals surface area contributed by atoms with E-state index in [4.69, 9.17) is 0 Å². The Bertz CT molecular complexity index is 668. The predicted molar refractivity (Wildman–Crippen MR) is 81.0 cm³/mol. The zero-order valence-corrected chi connectivity index (χ0v) is 12.4. The highest BCUT2D eigenvalue weighted by molar-refractivity contribution is 5.90. The average molecular weight is 287 g/mol. The van der Waals surface area contributed by atoms with Gasteiger partial charge in [-0.05, 0) is 48.7 Å². The minimum absolute atomic E-state index is 0.0670. The summed E-state index contributed by atoms with van der Waals surface area (Å²) in [6.07, 6.45) is 0. The number of anilines is 1. The molecule has 3 nitrogen and oxygen atoms in total. The monoisotopic (exact) mass is 287 g/mol. The smallest absolute Gasteiger partial charge is 0.340 e. The first kappa shape index (κ1) is 15.0. The molecular weight excluding hydrogens is 269 g/mol. The van der Waals surface area contributed by atoms with Crippen molar-refractivity contribution in [1.29, 1.82) is 0 Å². The third-order valence-electron chi connectivity index (χ3n) is 3.44. The lowest BCUT2D eigenvalue weighted by Crippen LogP contribution is -2.06. The normalized spacial score (nSPS) is 10.3. The third-order valence-corrected chi connectivity index (χ3v) is 3.44. The first-order chi connectivity index (χ1) is 10.0. The van der Waals surface area contributed by atoms with Gasteiger partial charge in [0.1, 0.15) is 5.82 Å². The van der Waals surface area contributed by atoms with E-state index in [2.05, 4.69) is 36.0 Å². The molecule has 0 amide bonds. The Morgan fingerprint density at radius 2 is 1.90 bits per heavy atom. The first-order valence-electron chi connectivity index (χ1n) is 6.69. The highest BCUT2D eigenvalue weighted by Crippen LogP contribution is 2.17. The minimum atomic E-state index is -0.678. The molecule has 2 rings (SSSR count). The van der Waals surface area contributed by atoms with Gasteiger partial charge < -0.3 is 10.1 Å². The molecule has 0 aliphatic carbocycles. The average Bonchev–Trinajstić information content (AvgIpc) is 2.49. The molecular formula is C17H18FNO2. The lowest BCUT2D eigenvalue weighted by atomic mass is 10.1. The van der Waals surface area contributed by atoms with Gasteiger partial charge in [-0.1, -0.05) is 18.2 Å². The summed E-state index contributed by atoms with van der Waals surface area (Å²) in [5, 5.41) is 3.18. The molecule has 0 heterocycles. The number of carbonyl (C=O) groups excluding carboxylic acids is 1. The van der Waals surface area contributed by atoms with Crippen molar-refractivity contribution in [2.75, 3.05) is 12.4 Å². The van der Waals surface area contributed by atoms with Crippen molar-refractivity contribution in [3.8, 4) is 0 Å². The number of rotatable bonds is 4. The fraction of sp³-hybridized carbons (Fsp3) is 0.235. The molecule has 2 aromatic rings. The van der Waals surface area contributed by atoms with Gasteiger partial charge >= 0.3 is 5.97 Å². The number of esters is 1. The fourth-order valence-electron chi connectivity index (χ4n) is 2.02. The van der Waals surface area contributed by atoms with Crippen molar-refractivity contribution in [2.45, 2.75) is 20.4 Å². The van der Waals surface area contributed by atoms with Crippen LogP contribution in [0.3, 0.4) is 0 Å². The zero-order chi connectivity index (χ0) is 15.4. The van der Waals surface area contributed by atoms with Crippen LogP contribution >= 0.6 is 0 Å². The number of benzene rings is 2. The van der Waals surface area contributed by atoms with Gasteiger partial charge in [-0.2, -0.15) is 0 Å². The number of nitrogens with one attached hydrogen (secondary N) is 1. The van der Waals surface area contributed by atoms with E-state index < -0.39 is 11.8 Å². The molecule has 1 N–H and O–H groups in total. The van der Waals surface area contributed by atoms with E-state index in [1.54, 1.807) is 6.07 Å². The van der Waals surface area contributed by atoms with Crippen LogP contribution in [0.25, 0.3) is 0 Å². The summed E-state index contributed by atoms with van der Waals surface area (Å²) in [7, 11) is 1.23. The summed E-state index contributed by atoms with van der Waals surface area (Å²) in [4.78, 5) is 11.5. The molecule has 0 aliphatic rings. The topological polar surface area (TPSA) is 38.3 Å². The number of hydrogen-bond donors (Lipinski definition) is 1. The third kappa shape index (κ3) is 3.60. The summed E-state index contributed by atoms with van der Waals surface area (Å²) in [5.41, 5.74) is 4.21. The molecule has 2 aromatic carbocycles. The summed E-state index contributed by atoms with van der Waals surface area (Å²) >= 11 is 0. The van der Waals surface area contributed by atoms with Crippen LogP contribution in [0.2, 0.25) is 0 Å². The second-order valence-electron chi connectivity index (χ2n) is 4.96. The number of carbonyl (C=O) groups is 1. The van der Waals surface area contributed by atoms with Crippen LogP contribution in [-0.2, 0) is 11.3 Å². The van der Waals surface area contributed by atoms with Crippen molar-refractivity contribution in [3.63, 3.8) is 0 Å². The Morgan fingerprint density at radius 1 is 1.14 bits per heavy atom. The van der Waals surface area contributed by atoms with Crippen LogP contribution < -0.4 is 5.32 Å². The maximum atomic E-state index is 13.5. The van der Waals surface area contributed by atoms with Gasteiger partial charge in [-0.3, -0.25) is 0 Å². The van der Waals surface area contributed by atoms with E-state index in [0.717, 1.165) is 5.56 Å². The van der Waals surface area contributed by atoms with Crippen LogP contribution in [0.15, 0.2) is 36.4 Å². The maximum Gasteiger partial charge on any atom is 0.340 e. The molecule has 110 valence electrons. The maximum absolute atomic E-state index is 13.5. The van der Waals surface area contributed by atoms with Crippen molar-refractivity contribution in [1.82, 2.24) is 0 Å². The van der Waals surface area contributed by atoms with Gasteiger partial charge in [0.05, 0.1) is 12.7 Å². The number of hydrogen-bond acceptors (Lipinski definition) is 3. The summed E-state index contributed by atoms with van der Waals surface area (Å²) < 4.78 is 18.1. The highest BCUT2D eigenvalue weighted by atomic mass is 19.1. The van der Waals surface area contributed by atoms with Crippen LogP contribution in [-0.4, -0.2) is 13.1 Å². The van der Waals surface area contributed by atoms with Crippen LogP contribution in [0.4, 0.5) is 10.1 Å². The van der Waals surface area contributed by atoms with E-state index >= 15 is 0 Å². The van der Waals surface area contributed by atoms with Gasteiger partial charge in [0.25, 0.3) is 0 Å². The second kappa shape index (κ2) is 6.39.